The maximum atomic E-state index is 6.97. The molecule has 1 aliphatic heterocycles. The summed E-state index contributed by atoms with van der Waals surface area (Å²) in [6.45, 7) is 9.32. The third kappa shape index (κ3) is 3.29. The predicted molar refractivity (Wildman–Crippen MR) is 100 cm³/mol. The summed E-state index contributed by atoms with van der Waals surface area (Å²) >= 11 is 0. The molecule has 0 fully saturated rings. The number of fused-ring (bicyclic) bond motifs is 1. The summed E-state index contributed by atoms with van der Waals surface area (Å²) in [7, 11) is -1.93. The molecular weight excluding hydrogens is 296 g/mol. The molecule has 0 aromatic heterocycles. The maximum absolute atomic E-state index is 6.97. The smallest absolute Gasteiger partial charge is 0.226 e. The van der Waals surface area contributed by atoms with Gasteiger partial charge in [-0.15, -0.1) is 0 Å². The molecule has 0 radical (unpaired) electrons. The Labute approximate surface area is 141 Å². The molecule has 0 spiro atoms. The lowest BCUT2D eigenvalue weighted by Crippen LogP contribution is -2.49. The van der Waals surface area contributed by atoms with Gasteiger partial charge in [-0.25, -0.2) is 0 Å². The summed E-state index contributed by atoms with van der Waals surface area (Å²) in [5, 5.41) is 1.54. The van der Waals surface area contributed by atoms with Crippen LogP contribution in [0.2, 0.25) is 12.1 Å². The molecule has 1 nitrogen and oxygen atoms in total. The van der Waals surface area contributed by atoms with Crippen LogP contribution >= 0.6 is 0 Å². The normalized spacial score (nSPS) is 19.3. The van der Waals surface area contributed by atoms with Gasteiger partial charge in [0.15, 0.2) is 0 Å². The van der Waals surface area contributed by atoms with Crippen molar-refractivity contribution in [1.29, 1.82) is 0 Å². The van der Waals surface area contributed by atoms with E-state index >= 15 is 0 Å². The molecule has 0 aliphatic carbocycles. The third-order valence-corrected chi connectivity index (χ3v) is 9.73. The van der Waals surface area contributed by atoms with Crippen molar-refractivity contribution in [3.05, 3.63) is 65.7 Å². The molecule has 0 N–H and O–H groups in total. The van der Waals surface area contributed by atoms with Crippen LogP contribution < -0.4 is 5.19 Å². The average Bonchev–Trinajstić information content (AvgIpc) is 2.82. The van der Waals surface area contributed by atoms with Crippen molar-refractivity contribution in [2.75, 3.05) is 0 Å². The first-order valence-corrected chi connectivity index (χ1v) is 11.2. The fourth-order valence-electron chi connectivity index (χ4n) is 4.09. The second-order valence-electron chi connectivity index (χ2n) is 7.69. The van der Waals surface area contributed by atoms with Crippen LogP contribution in [0.25, 0.3) is 0 Å². The van der Waals surface area contributed by atoms with Gasteiger partial charge in [-0.2, -0.15) is 0 Å². The van der Waals surface area contributed by atoms with Crippen molar-refractivity contribution in [1.82, 2.24) is 0 Å². The van der Waals surface area contributed by atoms with Gasteiger partial charge in [0.2, 0.25) is 8.32 Å². The number of hydrogen-bond donors (Lipinski definition) is 0. The highest BCUT2D eigenvalue weighted by Gasteiger charge is 2.48. The van der Waals surface area contributed by atoms with Crippen molar-refractivity contribution in [3.63, 3.8) is 0 Å². The van der Waals surface area contributed by atoms with Gasteiger partial charge in [0, 0.05) is 0 Å². The second kappa shape index (κ2) is 6.62. The van der Waals surface area contributed by atoms with Gasteiger partial charge in [-0.3, -0.25) is 0 Å². The fourth-order valence-corrected chi connectivity index (χ4v) is 9.51. The third-order valence-electron chi connectivity index (χ3n) is 4.66. The van der Waals surface area contributed by atoms with Crippen LogP contribution in [-0.2, 0) is 4.43 Å². The molecule has 0 bridgehead atoms. The highest BCUT2D eigenvalue weighted by molar-refractivity contribution is 6.87. The van der Waals surface area contributed by atoms with Gasteiger partial charge in [0.1, 0.15) is 0 Å². The molecular formula is C21H28OSi. The molecule has 0 saturated heterocycles. The van der Waals surface area contributed by atoms with Crippen molar-refractivity contribution in [3.8, 4) is 0 Å². The van der Waals surface area contributed by atoms with Crippen molar-refractivity contribution in [2.24, 2.45) is 11.8 Å². The number of benzene rings is 2. The van der Waals surface area contributed by atoms with E-state index in [4.69, 9.17) is 4.43 Å². The van der Waals surface area contributed by atoms with E-state index in [1.165, 1.54) is 28.4 Å². The van der Waals surface area contributed by atoms with E-state index in [-0.39, 0.29) is 6.10 Å². The van der Waals surface area contributed by atoms with Gasteiger partial charge in [0.25, 0.3) is 0 Å². The molecule has 0 saturated carbocycles. The molecule has 2 heteroatoms. The second-order valence-corrected chi connectivity index (χ2v) is 11.3. The highest BCUT2D eigenvalue weighted by atomic mass is 28.4. The summed E-state index contributed by atoms with van der Waals surface area (Å²) in [5.74, 6) is 1.34. The Morgan fingerprint density at radius 3 is 2.00 bits per heavy atom. The Bertz CT molecular complexity index is 638. The van der Waals surface area contributed by atoms with Crippen LogP contribution in [0.4, 0.5) is 0 Å². The molecule has 1 heterocycles. The monoisotopic (exact) mass is 324 g/mol. The van der Waals surface area contributed by atoms with Crippen LogP contribution in [0.5, 0.6) is 0 Å². The molecule has 2 aromatic carbocycles. The van der Waals surface area contributed by atoms with E-state index in [2.05, 4.69) is 82.3 Å². The largest absolute Gasteiger partial charge is 0.401 e. The molecule has 3 rings (SSSR count). The van der Waals surface area contributed by atoms with Gasteiger partial charge in [-0.05, 0) is 40.2 Å². The number of rotatable bonds is 5. The van der Waals surface area contributed by atoms with E-state index in [0.29, 0.717) is 11.8 Å². The summed E-state index contributed by atoms with van der Waals surface area (Å²) in [5.41, 5.74) is 2.70. The van der Waals surface area contributed by atoms with Crippen molar-refractivity contribution in [2.45, 2.75) is 45.9 Å². The lowest BCUT2D eigenvalue weighted by molar-refractivity contribution is 0.246. The maximum Gasteiger partial charge on any atom is 0.226 e. The molecule has 23 heavy (non-hydrogen) atoms. The molecule has 0 amide bonds. The minimum atomic E-state index is -1.93. The topological polar surface area (TPSA) is 9.23 Å². The Hall–Kier alpha value is -1.38. The summed E-state index contributed by atoms with van der Waals surface area (Å²) < 4.78 is 6.97. The van der Waals surface area contributed by atoms with Crippen LogP contribution in [0.15, 0.2) is 54.6 Å². The van der Waals surface area contributed by atoms with Crippen molar-refractivity contribution >= 4 is 13.5 Å². The first kappa shape index (κ1) is 16.5. The first-order chi connectivity index (χ1) is 11.0. The fraction of sp³-hybridized carbons (Fsp3) is 0.429. The van der Waals surface area contributed by atoms with E-state index in [9.17, 15) is 0 Å². The predicted octanol–water partition coefficient (Wildman–Crippen LogP) is 5.27. The van der Waals surface area contributed by atoms with E-state index in [0.717, 1.165) is 0 Å². The Morgan fingerprint density at radius 1 is 0.826 bits per heavy atom. The van der Waals surface area contributed by atoms with Gasteiger partial charge in [0.05, 0.1) is 6.10 Å². The van der Waals surface area contributed by atoms with Gasteiger partial charge in [-0.1, -0.05) is 82.3 Å². The first-order valence-electron chi connectivity index (χ1n) is 8.84. The summed E-state index contributed by atoms with van der Waals surface area (Å²) in [6.07, 6.45) is 0.122. The Kier molecular flexibility index (Phi) is 4.74. The molecule has 122 valence electrons. The Morgan fingerprint density at radius 2 is 1.39 bits per heavy atom. The zero-order valence-electron chi connectivity index (χ0n) is 14.8. The highest BCUT2D eigenvalue weighted by Crippen LogP contribution is 2.41. The number of hydrogen-bond acceptors (Lipinski definition) is 1. The zero-order valence-corrected chi connectivity index (χ0v) is 15.8. The van der Waals surface area contributed by atoms with Gasteiger partial charge >= 0.3 is 0 Å². The summed E-state index contributed by atoms with van der Waals surface area (Å²) in [4.78, 5) is 0. The molecule has 1 atom stereocenters. The molecule has 2 aromatic rings. The minimum Gasteiger partial charge on any atom is -0.401 e. The molecule has 1 aliphatic rings. The lowest BCUT2D eigenvalue weighted by atomic mass is 10.0. The standard InChI is InChI=1S/C21H28OSi/c1-16(2)14-23(15-17(3)4)20-13-9-8-12-19(20)21(22-23)18-10-6-5-7-11-18/h5-13,16-17,21H,14-15H2,1-4H3. The van der Waals surface area contributed by atoms with E-state index in [1.807, 2.05) is 0 Å². The van der Waals surface area contributed by atoms with Crippen LogP contribution in [-0.4, -0.2) is 8.32 Å². The quantitative estimate of drug-likeness (QED) is 0.681. The lowest BCUT2D eigenvalue weighted by Gasteiger charge is -2.31. The van der Waals surface area contributed by atoms with E-state index < -0.39 is 8.32 Å². The van der Waals surface area contributed by atoms with Crippen molar-refractivity contribution < 1.29 is 4.43 Å². The minimum absolute atomic E-state index is 0.122. The van der Waals surface area contributed by atoms with Crippen LogP contribution in [0.1, 0.15) is 44.9 Å². The zero-order chi connectivity index (χ0) is 16.4. The van der Waals surface area contributed by atoms with Gasteiger partial charge < -0.3 is 4.43 Å². The SMILES string of the molecule is CC(C)C[Si]1(CC(C)C)OC(c2ccccc2)c2ccccc21. The van der Waals surface area contributed by atoms with Crippen LogP contribution in [0, 0.1) is 11.8 Å². The average molecular weight is 325 g/mol. The summed E-state index contributed by atoms with van der Waals surface area (Å²) in [6, 6.07) is 22.1. The Balaban J connectivity index is 2.08. The van der Waals surface area contributed by atoms with E-state index in [1.54, 1.807) is 0 Å². The van der Waals surface area contributed by atoms with Crippen LogP contribution in [0.3, 0.4) is 0 Å². The molecule has 1 unspecified atom stereocenters.